The molecule has 2 rings (SSSR count). The van der Waals surface area contributed by atoms with Gasteiger partial charge in [0.05, 0.1) is 6.42 Å². The van der Waals surface area contributed by atoms with Gasteiger partial charge in [0, 0.05) is 25.8 Å². The predicted octanol–water partition coefficient (Wildman–Crippen LogP) is -2.22. The number of hydroxylamine groups is 2. The summed E-state index contributed by atoms with van der Waals surface area (Å²) in [4.78, 5) is 64.0. The number of carbonyl (C=O) groups is 5. The van der Waals surface area contributed by atoms with Crippen LogP contribution < -0.4 is 29.6 Å². The molecule has 0 aromatic heterocycles. The molecule has 0 bridgehead atoms. The topological polar surface area (TPSA) is 158 Å². The fourth-order valence-electron chi connectivity index (χ4n) is 3.52. The molecule has 174 valence electrons. The van der Waals surface area contributed by atoms with Gasteiger partial charge in [-0.3, -0.25) is 24.1 Å². The Kier molecular flexibility index (Phi) is 12.0. The van der Waals surface area contributed by atoms with Crippen LogP contribution in [0.3, 0.4) is 0 Å². The molecule has 11 nitrogen and oxygen atoms in total. The van der Waals surface area contributed by atoms with Crippen molar-refractivity contribution < 1.29 is 71.3 Å². The molecule has 0 aromatic carbocycles. The standard InChI is InChI=1S/C19H28N2O9S.Na/c22-15-10-11-16(23)20(15)12-8-6-4-2-1-3-5-7-9-18(25)30-21-17(24)13-14(19(21)26)31(27,28)29;/h14H,1-13H2,(H,27,28,29);/q;+1/p-1. The van der Waals surface area contributed by atoms with Gasteiger partial charge < -0.3 is 9.39 Å². The summed E-state index contributed by atoms with van der Waals surface area (Å²) in [5.41, 5.74) is 0. The molecule has 2 saturated heterocycles. The number of imide groups is 2. The van der Waals surface area contributed by atoms with Gasteiger partial charge in [0.25, 0.3) is 11.8 Å². The van der Waals surface area contributed by atoms with Crippen LogP contribution in [0.15, 0.2) is 0 Å². The summed E-state index contributed by atoms with van der Waals surface area (Å²) in [5, 5.41) is -1.96. The molecular formula is C19H27N2NaO9S. The number of likely N-dealkylation sites (tertiary alicyclic amines) is 1. The Labute approximate surface area is 209 Å². The van der Waals surface area contributed by atoms with Crippen molar-refractivity contribution in [3.05, 3.63) is 0 Å². The SMILES string of the molecule is O=C(CCCCCCCCCCN1C(=O)CCC1=O)ON1C(=O)CC(S(=O)(=O)[O-])C1=O.[Na+]. The molecule has 1 atom stereocenters. The van der Waals surface area contributed by atoms with E-state index in [4.69, 9.17) is 0 Å². The van der Waals surface area contributed by atoms with Crippen molar-refractivity contribution in [2.24, 2.45) is 0 Å². The second-order valence-corrected chi connectivity index (χ2v) is 9.25. The number of hydrogen-bond acceptors (Lipinski definition) is 9. The van der Waals surface area contributed by atoms with Gasteiger partial charge in [-0.25, -0.2) is 13.2 Å². The van der Waals surface area contributed by atoms with Gasteiger partial charge in [-0.1, -0.05) is 38.5 Å². The molecule has 32 heavy (non-hydrogen) atoms. The maximum atomic E-state index is 11.8. The first kappa shape index (κ1) is 28.7. The molecule has 4 amide bonds. The van der Waals surface area contributed by atoms with E-state index in [0.717, 1.165) is 44.9 Å². The molecule has 2 fully saturated rings. The zero-order valence-corrected chi connectivity index (χ0v) is 21.1. The first-order valence-corrected chi connectivity index (χ1v) is 11.9. The Hall–Kier alpha value is -1.34. The third-order valence-electron chi connectivity index (χ3n) is 5.27. The fourth-order valence-corrected chi connectivity index (χ4v) is 4.21. The second-order valence-electron chi connectivity index (χ2n) is 7.69. The summed E-state index contributed by atoms with van der Waals surface area (Å²) in [7, 11) is -4.98. The zero-order chi connectivity index (χ0) is 23.0. The van der Waals surface area contributed by atoms with Crippen LogP contribution in [0.1, 0.15) is 77.0 Å². The average Bonchev–Trinajstić information content (AvgIpc) is 3.16. The number of unbranched alkanes of at least 4 members (excludes halogenated alkanes) is 7. The summed E-state index contributed by atoms with van der Waals surface area (Å²) >= 11 is 0. The van der Waals surface area contributed by atoms with Crippen molar-refractivity contribution in [3.63, 3.8) is 0 Å². The molecule has 13 heteroatoms. The van der Waals surface area contributed by atoms with E-state index in [1.54, 1.807) is 0 Å². The average molecular weight is 482 g/mol. The Morgan fingerprint density at radius 1 is 0.875 bits per heavy atom. The van der Waals surface area contributed by atoms with Crippen molar-refractivity contribution in [3.8, 4) is 0 Å². The van der Waals surface area contributed by atoms with Crippen molar-refractivity contribution in [1.82, 2.24) is 9.96 Å². The van der Waals surface area contributed by atoms with Gasteiger partial charge in [-0.15, -0.1) is 5.06 Å². The van der Waals surface area contributed by atoms with Crippen LogP contribution in [0.25, 0.3) is 0 Å². The molecule has 0 spiro atoms. The molecule has 0 aliphatic carbocycles. The first-order chi connectivity index (χ1) is 14.6. The van der Waals surface area contributed by atoms with E-state index in [1.165, 1.54) is 4.90 Å². The molecule has 2 heterocycles. The van der Waals surface area contributed by atoms with Gasteiger partial charge in [0.15, 0.2) is 0 Å². The van der Waals surface area contributed by atoms with E-state index in [0.29, 0.717) is 25.8 Å². The molecule has 0 radical (unpaired) electrons. The molecular weight excluding hydrogens is 455 g/mol. The van der Waals surface area contributed by atoms with E-state index in [9.17, 15) is 36.9 Å². The van der Waals surface area contributed by atoms with Crippen molar-refractivity contribution in [1.29, 1.82) is 0 Å². The van der Waals surface area contributed by atoms with Crippen LogP contribution in [-0.4, -0.2) is 64.3 Å². The number of nitrogens with zero attached hydrogens (tertiary/aromatic N) is 2. The first-order valence-electron chi connectivity index (χ1n) is 10.5. The van der Waals surface area contributed by atoms with Crippen molar-refractivity contribution in [2.75, 3.05) is 6.54 Å². The summed E-state index contributed by atoms with van der Waals surface area (Å²) < 4.78 is 32.8. The van der Waals surface area contributed by atoms with Gasteiger partial charge in [0.2, 0.25) is 11.8 Å². The van der Waals surface area contributed by atoms with Crippen LogP contribution in [0.4, 0.5) is 0 Å². The van der Waals surface area contributed by atoms with E-state index in [1.807, 2.05) is 0 Å². The van der Waals surface area contributed by atoms with Crippen LogP contribution >= 0.6 is 0 Å². The smallest absolute Gasteiger partial charge is 0.747 e. The minimum atomic E-state index is -4.98. The minimum Gasteiger partial charge on any atom is -0.747 e. The van der Waals surface area contributed by atoms with Gasteiger partial charge >= 0.3 is 35.5 Å². The third-order valence-corrected chi connectivity index (χ3v) is 6.34. The second kappa shape index (κ2) is 13.4. The number of amides is 4. The van der Waals surface area contributed by atoms with Crippen LogP contribution in [-0.2, 0) is 38.9 Å². The maximum Gasteiger partial charge on any atom is 1.00 e. The van der Waals surface area contributed by atoms with Crippen LogP contribution in [0.2, 0.25) is 0 Å². The zero-order valence-electron chi connectivity index (χ0n) is 18.2. The Bertz CT molecular complexity index is 815. The van der Waals surface area contributed by atoms with Crippen molar-refractivity contribution in [2.45, 2.75) is 82.3 Å². The number of hydrogen-bond donors (Lipinski definition) is 0. The Balaban J connectivity index is 0.00000512. The number of carbonyl (C=O) groups excluding carboxylic acids is 5. The van der Waals surface area contributed by atoms with E-state index >= 15 is 0 Å². The minimum absolute atomic E-state index is 0. The summed E-state index contributed by atoms with van der Waals surface area (Å²) in [5.74, 6) is -3.36. The van der Waals surface area contributed by atoms with Gasteiger partial charge in [0.1, 0.15) is 15.4 Å². The van der Waals surface area contributed by atoms with Crippen LogP contribution in [0.5, 0.6) is 0 Å². The summed E-state index contributed by atoms with van der Waals surface area (Å²) in [6, 6.07) is 0. The summed E-state index contributed by atoms with van der Waals surface area (Å²) in [6.45, 7) is 0.489. The van der Waals surface area contributed by atoms with E-state index in [2.05, 4.69) is 4.84 Å². The molecule has 2 aliphatic heterocycles. The van der Waals surface area contributed by atoms with E-state index in [-0.39, 0.29) is 52.9 Å². The van der Waals surface area contributed by atoms with Gasteiger partial charge in [-0.2, -0.15) is 0 Å². The number of rotatable bonds is 13. The normalized spacial score (nSPS) is 19.0. The summed E-state index contributed by atoms with van der Waals surface area (Å²) in [6.07, 6.45) is 6.56. The molecule has 2 aliphatic rings. The monoisotopic (exact) mass is 482 g/mol. The fraction of sp³-hybridized carbons (Fsp3) is 0.737. The van der Waals surface area contributed by atoms with Gasteiger partial charge in [-0.05, 0) is 12.8 Å². The van der Waals surface area contributed by atoms with Crippen molar-refractivity contribution >= 4 is 39.7 Å². The largest absolute Gasteiger partial charge is 1.00 e. The predicted molar refractivity (Wildman–Crippen MR) is 104 cm³/mol. The Morgan fingerprint density at radius 3 is 1.88 bits per heavy atom. The Morgan fingerprint density at radius 2 is 1.38 bits per heavy atom. The quantitative estimate of drug-likeness (QED) is 0.123. The maximum absolute atomic E-state index is 11.8. The van der Waals surface area contributed by atoms with E-state index < -0.39 is 39.6 Å². The molecule has 1 unspecified atom stereocenters. The van der Waals surface area contributed by atoms with Crippen LogP contribution in [0, 0.1) is 0 Å². The molecule has 0 aromatic rings. The third kappa shape index (κ3) is 8.54. The molecule has 0 N–H and O–H groups in total. The molecule has 0 saturated carbocycles.